The van der Waals surface area contributed by atoms with Gasteiger partial charge in [-0.1, -0.05) is 0 Å². The van der Waals surface area contributed by atoms with Crippen molar-refractivity contribution in [3.8, 4) is 0 Å². The molecule has 0 fully saturated rings. The Kier molecular flexibility index (Phi) is 2.93. The summed E-state index contributed by atoms with van der Waals surface area (Å²) in [6.45, 7) is 2.63. The molecule has 0 bridgehead atoms. The van der Waals surface area contributed by atoms with Gasteiger partial charge in [-0.15, -0.1) is 0 Å². The normalized spacial score (nSPS) is 10.9. The van der Waals surface area contributed by atoms with Crippen LogP contribution in [0, 0.1) is 11.7 Å². The zero-order chi connectivity index (χ0) is 11.7. The maximum atomic E-state index is 9.18. The number of aryl methyl sites for hydroxylation is 1. The molecule has 0 aliphatic heterocycles. The van der Waals surface area contributed by atoms with Crippen molar-refractivity contribution in [2.24, 2.45) is 7.05 Å². The number of aromatic amines is 1. The van der Waals surface area contributed by atoms with E-state index in [1.54, 1.807) is 6.20 Å². The molecule has 16 heavy (non-hydrogen) atoms. The Hall–Kier alpha value is -1.40. The van der Waals surface area contributed by atoms with Crippen LogP contribution in [-0.2, 0) is 20.2 Å². The zero-order valence-corrected chi connectivity index (χ0v) is 10.1. The number of hydrogen-bond donors (Lipinski definition) is 2. The molecule has 0 aliphatic rings. The molecule has 0 radical (unpaired) electrons. The van der Waals surface area contributed by atoms with Gasteiger partial charge in [-0.25, -0.2) is 0 Å². The Morgan fingerprint density at radius 2 is 2.31 bits per heavy atom. The van der Waals surface area contributed by atoms with E-state index in [9.17, 15) is 5.11 Å². The van der Waals surface area contributed by atoms with Crippen molar-refractivity contribution in [1.29, 1.82) is 0 Å². The number of aromatic nitrogens is 4. The first-order valence-electron chi connectivity index (χ1n) is 4.99. The maximum Gasteiger partial charge on any atom is 0.177 e. The van der Waals surface area contributed by atoms with Crippen molar-refractivity contribution in [2.75, 3.05) is 0 Å². The highest BCUT2D eigenvalue weighted by Gasteiger charge is 2.08. The highest BCUT2D eigenvalue weighted by Crippen LogP contribution is 2.11. The van der Waals surface area contributed by atoms with Gasteiger partial charge in [0.1, 0.15) is 0 Å². The van der Waals surface area contributed by atoms with E-state index in [2.05, 4.69) is 10.1 Å². The number of H-pyrrole nitrogens is 1. The summed E-state index contributed by atoms with van der Waals surface area (Å²) in [7, 11) is 1.90. The Labute approximate surface area is 98.3 Å². The summed E-state index contributed by atoms with van der Waals surface area (Å²) in [4.78, 5) is 2.93. The van der Waals surface area contributed by atoms with Crippen LogP contribution in [0.25, 0.3) is 0 Å². The van der Waals surface area contributed by atoms with Crippen LogP contribution in [0.5, 0.6) is 0 Å². The first-order valence-corrected chi connectivity index (χ1v) is 5.39. The average molecular weight is 238 g/mol. The molecule has 6 heteroatoms. The van der Waals surface area contributed by atoms with Gasteiger partial charge in [0, 0.05) is 24.5 Å². The molecule has 2 aromatic heterocycles. The number of nitrogens with zero attached hydrogens (tertiary/aromatic N) is 3. The summed E-state index contributed by atoms with van der Waals surface area (Å²) in [6.07, 6.45) is 3.55. The van der Waals surface area contributed by atoms with Gasteiger partial charge >= 0.3 is 0 Å². The van der Waals surface area contributed by atoms with Crippen LogP contribution >= 0.6 is 12.2 Å². The lowest BCUT2D eigenvalue weighted by atomic mass is 10.2. The van der Waals surface area contributed by atoms with Crippen molar-refractivity contribution in [1.82, 2.24) is 19.3 Å². The van der Waals surface area contributed by atoms with Crippen LogP contribution in [0.15, 0.2) is 12.4 Å². The number of aliphatic hydroxyl groups excluding tert-OH is 1. The predicted octanol–water partition coefficient (Wildman–Crippen LogP) is 1.13. The lowest BCUT2D eigenvalue weighted by molar-refractivity contribution is 0.271. The molecule has 0 aliphatic carbocycles. The minimum absolute atomic E-state index is 0.0214. The number of imidazole rings is 1. The minimum atomic E-state index is -0.0214. The van der Waals surface area contributed by atoms with E-state index in [-0.39, 0.29) is 6.61 Å². The number of rotatable bonds is 3. The molecular weight excluding hydrogens is 224 g/mol. The van der Waals surface area contributed by atoms with Gasteiger partial charge in [0.05, 0.1) is 25.0 Å². The van der Waals surface area contributed by atoms with Crippen LogP contribution in [0.4, 0.5) is 0 Å². The van der Waals surface area contributed by atoms with E-state index in [0.29, 0.717) is 11.3 Å². The first-order chi connectivity index (χ1) is 7.63. The molecule has 0 spiro atoms. The van der Waals surface area contributed by atoms with Gasteiger partial charge in [-0.3, -0.25) is 4.68 Å². The molecule has 0 saturated heterocycles. The third kappa shape index (κ3) is 1.81. The lowest BCUT2D eigenvalue weighted by Gasteiger charge is -2.05. The number of nitrogens with one attached hydrogen (secondary N) is 1. The summed E-state index contributed by atoms with van der Waals surface area (Å²) in [6, 6.07) is 0. The molecule has 86 valence electrons. The smallest absolute Gasteiger partial charge is 0.177 e. The molecule has 2 aromatic rings. The molecule has 0 atom stereocenters. The summed E-state index contributed by atoms with van der Waals surface area (Å²) < 4.78 is 4.32. The second kappa shape index (κ2) is 4.23. The molecule has 2 rings (SSSR count). The molecule has 0 saturated carbocycles. The average Bonchev–Trinajstić information content (AvgIpc) is 2.77. The standard InChI is InChI=1S/C10H14N4OS/c1-7-8(3-12-13(7)2)5-14-9(6-15)4-11-10(14)16/h3-4,15H,5-6H2,1-2H3,(H,11,16). The fourth-order valence-corrected chi connectivity index (χ4v) is 1.85. The SMILES string of the molecule is Cc1c(Cn2c(CO)c[nH]c2=S)cnn1C. The summed E-state index contributed by atoms with van der Waals surface area (Å²) in [5.74, 6) is 0. The number of hydrogen-bond acceptors (Lipinski definition) is 3. The summed E-state index contributed by atoms with van der Waals surface area (Å²) in [5, 5.41) is 13.4. The monoisotopic (exact) mass is 238 g/mol. The second-order valence-corrected chi connectivity index (χ2v) is 4.09. The van der Waals surface area contributed by atoms with E-state index in [1.807, 2.05) is 29.4 Å². The Morgan fingerprint density at radius 1 is 1.56 bits per heavy atom. The molecular formula is C10H14N4OS. The van der Waals surface area contributed by atoms with Crippen molar-refractivity contribution >= 4 is 12.2 Å². The maximum absolute atomic E-state index is 9.18. The van der Waals surface area contributed by atoms with Gasteiger partial charge in [0.2, 0.25) is 0 Å². The van der Waals surface area contributed by atoms with Crippen LogP contribution in [0.2, 0.25) is 0 Å². The van der Waals surface area contributed by atoms with E-state index >= 15 is 0 Å². The molecule has 2 N–H and O–H groups in total. The first kappa shape index (κ1) is 11.1. The van der Waals surface area contributed by atoms with Crippen LogP contribution in [-0.4, -0.2) is 24.4 Å². The second-order valence-electron chi connectivity index (χ2n) is 3.71. The van der Waals surface area contributed by atoms with E-state index in [4.69, 9.17) is 12.2 Å². The van der Waals surface area contributed by atoms with Gasteiger partial charge in [0.25, 0.3) is 0 Å². The van der Waals surface area contributed by atoms with Gasteiger partial charge < -0.3 is 14.7 Å². The highest BCUT2D eigenvalue weighted by atomic mass is 32.1. The van der Waals surface area contributed by atoms with Crippen molar-refractivity contribution in [2.45, 2.75) is 20.1 Å². The Bertz CT molecular complexity index is 551. The fourth-order valence-electron chi connectivity index (χ4n) is 1.61. The third-order valence-electron chi connectivity index (χ3n) is 2.78. The van der Waals surface area contributed by atoms with E-state index in [0.717, 1.165) is 17.0 Å². The topological polar surface area (TPSA) is 58.8 Å². The zero-order valence-electron chi connectivity index (χ0n) is 9.27. The Morgan fingerprint density at radius 3 is 2.88 bits per heavy atom. The van der Waals surface area contributed by atoms with Crippen LogP contribution in [0.1, 0.15) is 17.0 Å². The lowest BCUT2D eigenvalue weighted by Crippen LogP contribution is -2.05. The minimum Gasteiger partial charge on any atom is -0.390 e. The van der Waals surface area contributed by atoms with Gasteiger partial charge in [-0.05, 0) is 19.1 Å². The molecule has 0 unspecified atom stereocenters. The molecule has 5 nitrogen and oxygen atoms in total. The molecule has 2 heterocycles. The van der Waals surface area contributed by atoms with Crippen molar-refractivity contribution < 1.29 is 5.11 Å². The largest absolute Gasteiger partial charge is 0.390 e. The number of aliphatic hydroxyl groups is 1. The predicted molar refractivity (Wildman–Crippen MR) is 62.6 cm³/mol. The highest BCUT2D eigenvalue weighted by molar-refractivity contribution is 7.71. The molecule has 0 amide bonds. The van der Waals surface area contributed by atoms with Gasteiger partial charge in [0.15, 0.2) is 4.77 Å². The third-order valence-corrected chi connectivity index (χ3v) is 3.12. The summed E-state index contributed by atoms with van der Waals surface area (Å²) >= 11 is 5.16. The molecule has 0 aromatic carbocycles. The summed E-state index contributed by atoms with van der Waals surface area (Å²) in [5.41, 5.74) is 2.99. The van der Waals surface area contributed by atoms with E-state index < -0.39 is 0 Å². The van der Waals surface area contributed by atoms with Crippen LogP contribution in [0.3, 0.4) is 0 Å². The Balaban J connectivity index is 2.37. The van der Waals surface area contributed by atoms with E-state index in [1.165, 1.54) is 0 Å². The van der Waals surface area contributed by atoms with Gasteiger partial charge in [-0.2, -0.15) is 5.10 Å². The quantitative estimate of drug-likeness (QED) is 0.788. The van der Waals surface area contributed by atoms with Crippen molar-refractivity contribution in [3.63, 3.8) is 0 Å². The fraction of sp³-hybridized carbons (Fsp3) is 0.400. The van der Waals surface area contributed by atoms with Crippen LogP contribution < -0.4 is 0 Å². The van der Waals surface area contributed by atoms with Crippen molar-refractivity contribution in [3.05, 3.63) is 34.1 Å².